The standard InChI is InChI=1S/C20H18F3NO/c1-14(25)18(16-5-3-2-4-6-16)11-12-19(20(21,22)23)17-9-7-15(13-24)8-10-17/h2-10,18-19H,11-12H2,1H3. The maximum atomic E-state index is 13.5. The summed E-state index contributed by atoms with van der Waals surface area (Å²) < 4.78 is 40.5. The van der Waals surface area contributed by atoms with Gasteiger partial charge in [-0.05, 0) is 43.0 Å². The molecule has 0 fully saturated rings. The summed E-state index contributed by atoms with van der Waals surface area (Å²) in [4.78, 5) is 11.9. The summed E-state index contributed by atoms with van der Waals surface area (Å²) in [5, 5.41) is 8.78. The molecule has 0 saturated heterocycles. The van der Waals surface area contributed by atoms with Gasteiger partial charge in [0.1, 0.15) is 5.78 Å². The number of carbonyl (C=O) groups is 1. The highest BCUT2D eigenvalue weighted by Gasteiger charge is 2.40. The molecule has 0 aliphatic heterocycles. The molecule has 0 aromatic heterocycles. The maximum absolute atomic E-state index is 13.5. The fourth-order valence-electron chi connectivity index (χ4n) is 2.93. The van der Waals surface area contributed by atoms with Crippen LogP contribution in [0.1, 0.15) is 48.3 Å². The van der Waals surface area contributed by atoms with Crippen molar-refractivity contribution in [2.24, 2.45) is 0 Å². The van der Waals surface area contributed by atoms with E-state index < -0.39 is 18.0 Å². The van der Waals surface area contributed by atoms with Gasteiger partial charge in [-0.2, -0.15) is 18.4 Å². The molecule has 25 heavy (non-hydrogen) atoms. The molecule has 0 N–H and O–H groups in total. The number of hydrogen-bond acceptors (Lipinski definition) is 2. The quantitative estimate of drug-likeness (QED) is 0.707. The molecule has 2 rings (SSSR count). The molecule has 2 nitrogen and oxygen atoms in total. The van der Waals surface area contributed by atoms with E-state index in [0.717, 1.165) is 5.56 Å². The van der Waals surface area contributed by atoms with Crippen LogP contribution in [0.4, 0.5) is 13.2 Å². The first-order valence-electron chi connectivity index (χ1n) is 7.95. The first-order valence-corrected chi connectivity index (χ1v) is 7.95. The smallest absolute Gasteiger partial charge is 0.299 e. The Morgan fingerprint density at radius 2 is 1.60 bits per heavy atom. The number of hydrogen-bond donors (Lipinski definition) is 0. The van der Waals surface area contributed by atoms with Crippen LogP contribution in [-0.2, 0) is 4.79 Å². The Hall–Kier alpha value is -2.61. The molecule has 0 aliphatic carbocycles. The first kappa shape index (κ1) is 18.7. The van der Waals surface area contributed by atoms with E-state index in [-0.39, 0.29) is 24.2 Å². The van der Waals surface area contributed by atoms with E-state index in [9.17, 15) is 18.0 Å². The molecule has 5 heteroatoms. The van der Waals surface area contributed by atoms with Gasteiger partial charge in [-0.3, -0.25) is 4.79 Å². The highest BCUT2D eigenvalue weighted by Crippen LogP contribution is 2.40. The minimum atomic E-state index is -4.41. The van der Waals surface area contributed by atoms with Gasteiger partial charge in [0, 0.05) is 5.92 Å². The normalized spacial score (nSPS) is 13.7. The predicted octanol–water partition coefficient (Wildman–Crippen LogP) is 5.36. The zero-order chi connectivity index (χ0) is 18.4. The molecule has 0 bridgehead atoms. The van der Waals surface area contributed by atoms with E-state index >= 15 is 0 Å². The molecule has 0 aliphatic rings. The van der Waals surface area contributed by atoms with Crippen molar-refractivity contribution in [1.29, 1.82) is 5.26 Å². The number of halogens is 3. The lowest BCUT2D eigenvalue weighted by molar-refractivity contribution is -0.152. The number of carbonyl (C=O) groups excluding carboxylic acids is 1. The number of nitrogens with zero attached hydrogens (tertiary/aromatic N) is 1. The van der Waals surface area contributed by atoms with Gasteiger partial charge in [-0.1, -0.05) is 42.5 Å². The summed E-state index contributed by atoms with van der Waals surface area (Å²) >= 11 is 0. The van der Waals surface area contributed by atoms with E-state index in [1.807, 2.05) is 6.07 Å². The zero-order valence-corrected chi connectivity index (χ0v) is 13.8. The second-order valence-corrected chi connectivity index (χ2v) is 5.98. The van der Waals surface area contributed by atoms with Crippen LogP contribution in [-0.4, -0.2) is 12.0 Å². The molecule has 0 heterocycles. The fourth-order valence-corrected chi connectivity index (χ4v) is 2.93. The van der Waals surface area contributed by atoms with Gasteiger partial charge < -0.3 is 0 Å². The van der Waals surface area contributed by atoms with Crippen LogP contribution in [0.15, 0.2) is 54.6 Å². The molecule has 0 radical (unpaired) electrons. The Kier molecular flexibility index (Phi) is 5.97. The van der Waals surface area contributed by atoms with Crippen molar-refractivity contribution >= 4 is 5.78 Å². The summed E-state index contributed by atoms with van der Waals surface area (Å²) in [5.74, 6) is -2.36. The van der Waals surface area contributed by atoms with Gasteiger partial charge >= 0.3 is 6.18 Å². The molecular weight excluding hydrogens is 327 g/mol. The molecule has 0 amide bonds. The van der Waals surface area contributed by atoms with Crippen LogP contribution < -0.4 is 0 Å². The lowest BCUT2D eigenvalue weighted by Gasteiger charge is -2.23. The largest absolute Gasteiger partial charge is 0.395 e. The highest BCUT2D eigenvalue weighted by molar-refractivity contribution is 5.83. The monoisotopic (exact) mass is 345 g/mol. The van der Waals surface area contributed by atoms with E-state index in [2.05, 4.69) is 0 Å². The van der Waals surface area contributed by atoms with Gasteiger partial charge in [-0.25, -0.2) is 0 Å². The molecule has 2 unspecified atom stereocenters. The fraction of sp³-hybridized carbons (Fsp3) is 0.300. The first-order chi connectivity index (χ1) is 11.8. The van der Waals surface area contributed by atoms with Crippen molar-refractivity contribution < 1.29 is 18.0 Å². The third kappa shape index (κ3) is 4.93. The van der Waals surface area contributed by atoms with Crippen molar-refractivity contribution in [2.45, 2.75) is 37.8 Å². The zero-order valence-electron chi connectivity index (χ0n) is 13.8. The third-order valence-corrected chi connectivity index (χ3v) is 4.27. The van der Waals surface area contributed by atoms with Crippen LogP contribution in [0.5, 0.6) is 0 Å². The molecule has 2 atom stereocenters. The highest BCUT2D eigenvalue weighted by atomic mass is 19.4. The Morgan fingerprint density at radius 1 is 1.00 bits per heavy atom. The van der Waals surface area contributed by atoms with Crippen LogP contribution in [0.3, 0.4) is 0 Å². The van der Waals surface area contributed by atoms with E-state index in [0.29, 0.717) is 5.56 Å². The Balaban J connectivity index is 2.22. The third-order valence-electron chi connectivity index (χ3n) is 4.27. The predicted molar refractivity (Wildman–Crippen MR) is 89.1 cm³/mol. The van der Waals surface area contributed by atoms with E-state index in [4.69, 9.17) is 5.26 Å². The van der Waals surface area contributed by atoms with Gasteiger partial charge in [-0.15, -0.1) is 0 Å². The Bertz CT molecular complexity index is 745. The summed E-state index contributed by atoms with van der Waals surface area (Å²) in [6.07, 6.45) is -4.48. The lowest BCUT2D eigenvalue weighted by Crippen LogP contribution is -2.22. The lowest BCUT2D eigenvalue weighted by atomic mass is 9.85. The minimum Gasteiger partial charge on any atom is -0.299 e. The number of benzene rings is 2. The van der Waals surface area contributed by atoms with E-state index in [1.165, 1.54) is 31.2 Å². The molecule has 2 aromatic carbocycles. The van der Waals surface area contributed by atoms with Crippen LogP contribution >= 0.6 is 0 Å². The average Bonchev–Trinajstić information content (AvgIpc) is 2.58. The maximum Gasteiger partial charge on any atom is 0.395 e. The van der Waals surface area contributed by atoms with Crippen LogP contribution in [0.25, 0.3) is 0 Å². The SMILES string of the molecule is CC(=O)C(CCC(c1ccc(C#N)cc1)C(F)(F)F)c1ccccc1. The van der Waals surface area contributed by atoms with Gasteiger partial charge in [0.15, 0.2) is 0 Å². The number of alkyl halides is 3. The second-order valence-electron chi connectivity index (χ2n) is 5.98. The van der Waals surface area contributed by atoms with Gasteiger partial charge in [0.05, 0.1) is 17.6 Å². The average molecular weight is 345 g/mol. The van der Waals surface area contributed by atoms with Crippen LogP contribution in [0, 0.1) is 11.3 Å². The molecule has 0 spiro atoms. The number of Topliss-reactive ketones (excluding diaryl/α,β-unsaturated/α-hetero) is 1. The van der Waals surface area contributed by atoms with Gasteiger partial charge in [0.25, 0.3) is 0 Å². The van der Waals surface area contributed by atoms with Crippen LogP contribution in [0.2, 0.25) is 0 Å². The summed E-state index contributed by atoms with van der Waals surface area (Å²) in [5.41, 5.74) is 1.16. The topological polar surface area (TPSA) is 40.9 Å². The summed E-state index contributed by atoms with van der Waals surface area (Å²) in [6.45, 7) is 1.40. The van der Waals surface area contributed by atoms with Crippen molar-refractivity contribution in [3.8, 4) is 6.07 Å². The van der Waals surface area contributed by atoms with Crippen molar-refractivity contribution in [1.82, 2.24) is 0 Å². The molecule has 0 saturated carbocycles. The minimum absolute atomic E-state index is 0.113. The molecule has 2 aromatic rings. The molecular formula is C20H18F3NO. The van der Waals surface area contributed by atoms with Crippen molar-refractivity contribution in [3.63, 3.8) is 0 Å². The summed E-state index contributed by atoms with van der Waals surface area (Å²) in [6, 6.07) is 16.2. The van der Waals surface area contributed by atoms with Crippen molar-refractivity contribution in [3.05, 3.63) is 71.3 Å². The summed E-state index contributed by atoms with van der Waals surface area (Å²) in [7, 11) is 0. The Labute approximate surface area is 144 Å². The van der Waals surface area contributed by atoms with Crippen molar-refractivity contribution in [2.75, 3.05) is 0 Å². The molecule has 130 valence electrons. The van der Waals surface area contributed by atoms with E-state index in [1.54, 1.807) is 30.3 Å². The Morgan fingerprint density at radius 3 is 2.08 bits per heavy atom. The second kappa shape index (κ2) is 7.98. The number of rotatable bonds is 6. The number of nitriles is 1. The van der Waals surface area contributed by atoms with Gasteiger partial charge in [0.2, 0.25) is 0 Å². The number of ketones is 1.